The largest absolute Gasteiger partial charge is 0.376 e. The quantitative estimate of drug-likeness (QED) is 0.546. The highest BCUT2D eigenvalue weighted by atomic mass is 16.5. The van der Waals surface area contributed by atoms with Crippen LogP contribution in [-0.2, 0) is 4.74 Å². The van der Waals surface area contributed by atoms with E-state index in [0.29, 0.717) is 12.2 Å². The van der Waals surface area contributed by atoms with E-state index in [9.17, 15) is 0 Å². The van der Waals surface area contributed by atoms with Gasteiger partial charge in [0.25, 0.3) is 0 Å². The van der Waals surface area contributed by atoms with Crippen molar-refractivity contribution >= 4 is 0 Å². The predicted molar refractivity (Wildman–Crippen MR) is 99.8 cm³/mol. The van der Waals surface area contributed by atoms with Gasteiger partial charge in [-0.15, -0.1) is 0 Å². The molecule has 0 N–H and O–H groups in total. The van der Waals surface area contributed by atoms with E-state index in [1.54, 1.807) is 0 Å². The minimum absolute atomic E-state index is 0.399. The second-order valence-electron chi connectivity index (χ2n) is 8.75. The molecule has 2 rings (SSSR count). The SMILES string of the molecule is CC(C)OC1CCC(CCCCN2CCC(C(C)C)CC2)CC1. The fourth-order valence-electron chi connectivity index (χ4n) is 4.55. The molecule has 23 heavy (non-hydrogen) atoms. The molecule has 0 bridgehead atoms. The van der Waals surface area contributed by atoms with Gasteiger partial charge in [0.15, 0.2) is 0 Å². The van der Waals surface area contributed by atoms with E-state index in [0.717, 1.165) is 17.8 Å². The van der Waals surface area contributed by atoms with Gasteiger partial charge < -0.3 is 9.64 Å². The maximum atomic E-state index is 5.96. The average molecular weight is 324 g/mol. The van der Waals surface area contributed by atoms with Crippen molar-refractivity contribution in [3.8, 4) is 0 Å². The van der Waals surface area contributed by atoms with Gasteiger partial charge in [-0.1, -0.05) is 26.7 Å². The second-order valence-corrected chi connectivity index (χ2v) is 8.75. The summed E-state index contributed by atoms with van der Waals surface area (Å²) in [5.74, 6) is 2.84. The molecule has 1 heterocycles. The van der Waals surface area contributed by atoms with Crippen LogP contribution in [-0.4, -0.2) is 36.7 Å². The molecule has 0 spiro atoms. The van der Waals surface area contributed by atoms with Crippen LogP contribution in [0.15, 0.2) is 0 Å². The second kappa shape index (κ2) is 10.0. The van der Waals surface area contributed by atoms with Crippen LogP contribution in [0.2, 0.25) is 0 Å². The molecule has 0 unspecified atom stereocenters. The smallest absolute Gasteiger partial charge is 0.0578 e. The zero-order chi connectivity index (χ0) is 16.7. The van der Waals surface area contributed by atoms with E-state index in [1.807, 2.05) is 0 Å². The summed E-state index contributed by atoms with van der Waals surface area (Å²) in [7, 11) is 0. The zero-order valence-electron chi connectivity index (χ0n) is 16.2. The summed E-state index contributed by atoms with van der Waals surface area (Å²) in [5.41, 5.74) is 0. The van der Waals surface area contributed by atoms with Crippen molar-refractivity contribution < 1.29 is 4.74 Å². The molecule has 0 atom stereocenters. The maximum Gasteiger partial charge on any atom is 0.0578 e. The highest BCUT2D eigenvalue weighted by Crippen LogP contribution is 2.30. The number of likely N-dealkylation sites (tertiary alicyclic amines) is 1. The van der Waals surface area contributed by atoms with Crippen LogP contribution in [0.5, 0.6) is 0 Å². The molecule has 2 heteroatoms. The number of hydrogen-bond acceptors (Lipinski definition) is 2. The van der Waals surface area contributed by atoms with Crippen molar-refractivity contribution in [1.82, 2.24) is 4.90 Å². The first-order chi connectivity index (χ1) is 11.0. The van der Waals surface area contributed by atoms with Crippen LogP contribution in [0.3, 0.4) is 0 Å². The Morgan fingerprint density at radius 2 is 1.52 bits per heavy atom. The summed E-state index contributed by atoms with van der Waals surface area (Å²) >= 11 is 0. The van der Waals surface area contributed by atoms with Crippen LogP contribution >= 0.6 is 0 Å². The Kier molecular flexibility index (Phi) is 8.40. The normalized spacial score (nSPS) is 27.9. The third-order valence-electron chi connectivity index (χ3n) is 6.17. The highest BCUT2D eigenvalue weighted by Gasteiger charge is 2.23. The predicted octanol–water partition coefficient (Wildman–Crippen LogP) is 5.51. The Hall–Kier alpha value is -0.0800. The third kappa shape index (κ3) is 7.13. The summed E-state index contributed by atoms with van der Waals surface area (Å²) in [4.78, 5) is 2.71. The fraction of sp³-hybridized carbons (Fsp3) is 1.00. The summed E-state index contributed by atoms with van der Waals surface area (Å²) < 4.78 is 5.96. The van der Waals surface area contributed by atoms with Crippen molar-refractivity contribution in [3.63, 3.8) is 0 Å². The van der Waals surface area contributed by atoms with Gasteiger partial charge in [-0.2, -0.15) is 0 Å². The number of ether oxygens (including phenoxy) is 1. The molecule has 2 nitrogen and oxygen atoms in total. The number of hydrogen-bond donors (Lipinski definition) is 0. The molecule has 0 amide bonds. The topological polar surface area (TPSA) is 12.5 Å². The summed E-state index contributed by atoms with van der Waals surface area (Å²) in [6, 6.07) is 0. The van der Waals surface area contributed by atoms with Gasteiger partial charge in [0, 0.05) is 0 Å². The molecule has 0 radical (unpaired) electrons. The van der Waals surface area contributed by atoms with Crippen molar-refractivity contribution in [2.45, 2.75) is 97.7 Å². The van der Waals surface area contributed by atoms with E-state index >= 15 is 0 Å². The van der Waals surface area contributed by atoms with Crippen LogP contribution in [0, 0.1) is 17.8 Å². The first kappa shape index (κ1) is 19.2. The summed E-state index contributed by atoms with van der Waals surface area (Å²) in [6.07, 6.45) is 13.5. The van der Waals surface area contributed by atoms with Gasteiger partial charge in [-0.05, 0) is 96.2 Å². The minimum Gasteiger partial charge on any atom is -0.376 e. The van der Waals surface area contributed by atoms with Gasteiger partial charge in [-0.25, -0.2) is 0 Å². The van der Waals surface area contributed by atoms with Crippen molar-refractivity contribution in [1.29, 1.82) is 0 Å². The van der Waals surface area contributed by atoms with Gasteiger partial charge in [-0.3, -0.25) is 0 Å². The number of rotatable bonds is 8. The van der Waals surface area contributed by atoms with Crippen molar-refractivity contribution in [2.75, 3.05) is 19.6 Å². The van der Waals surface area contributed by atoms with Crippen molar-refractivity contribution in [2.24, 2.45) is 17.8 Å². The van der Waals surface area contributed by atoms with E-state index < -0.39 is 0 Å². The van der Waals surface area contributed by atoms with Gasteiger partial charge in [0.2, 0.25) is 0 Å². The molecule has 2 fully saturated rings. The Balaban J connectivity index is 1.49. The summed E-state index contributed by atoms with van der Waals surface area (Å²) in [5, 5.41) is 0. The fourth-order valence-corrected chi connectivity index (χ4v) is 4.55. The molecule has 0 aromatic heterocycles. The maximum absolute atomic E-state index is 5.96. The lowest BCUT2D eigenvalue weighted by Gasteiger charge is -2.34. The zero-order valence-corrected chi connectivity index (χ0v) is 16.2. The van der Waals surface area contributed by atoms with E-state index in [-0.39, 0.29) is 0 Å². The first-order valence-electron chi connectivity index (χ1n) is 10.4. The number of nitrogens with zero attached hydrogens (tertiary/aromatic N) is 1. The monoisotopic (exact) mass is 323 g/mol. The molecule has 1 aliphatic heterocycles. The van der Waals surface area contributed by atoms with E-state index in [1.165, 1.54) is 77.4 Å². The standard InChI is InChI=1S/C21H41NO/c1-17(2)20-12-15-22(16-13-20)14-6-5-7-19-8-10-21(11-9-19)23-18(3)4/h17-21H,5-16H2,1-4H3. The van der Waals surface area contributed by atoms with Crippen molar-refractivity contribution in [3.05, 3.63) is 0 Å². The van der Waals surface area contributed by atoms with Gasteiger partial charge >= 0.3 is 0 Å². The number of unbranched alkanes of at least 4 members (excludes halogenated alkanes) is 1. The molecule has 0 aromatic rings. The number of piperidine rings is 1. The summed E-state index contributed by atoms with van der Waals surface area (Å²) in [6.45, 7) is 13.1. The molecule has 0 aromatic carbocycles. The lowest BCUT2D eigenvalue weighted by Crippen LogP contribution is -2.35. The third-order valence-corrected chi connectivity index (χ3v) is 6.17. The highest BCUT2D eigenvalue weighted by molar-refractivity contribution is 4.76. The Labute approximate surface area is 145 Å². The molecule has 136 valence electrons. The Bertz CT molecular complexity index is 299. The lowest BCUT2D eigenvalue weighted by molar-refractivity contribution is -0.0203. The Morgan fingerprint density at radius 1 is 0.870 bits per heavy atom. The minimum atomic E-state index is 0.399. The first-order valence-corrected chi connectivity index (χ1v) is 10.4. The Morgan fingerprint density at radius 3 is 2.09 bits per heavy atom. The molecule has 1 saturated heterocycles. The molecule has 1 aliphatic carbocycles. The van der Waals surface area contributed by atoms with Gasteiger partial charge in [0.05, 0.1) is 12.2 Å². The van der Waals surface area contributed by atoms with E-state index in [2.05, 4.69) is 32.6 Å². The van der Waals surface area contributed by atoms with Crippen LogP contribution in [0.4, 0.5) is 0 Å². The van der Waals surface area contributed by atoms with Crippen LogP contribution < -0.4 is 0 Å². The molecule has 1 saturated carbocycles. The lowest BCUT2D eigenvalue weighted by atomic mass is 9.84. The molecule has 2 aliphatic rings. The van der Waals surface area contributed by atoms with Crippen LogP contribution in [0.25, 0.3) is 0 Å². The van der Waals surface area contributed by atoms with E-state index in [4.69, 9.17) is 4.74 Å². The van der Waals surface area contributed by atoms with Gasteiger partial charge in [0.1, 0.15) is 0 Å². The average Bonchev–Trinajstić information content (AvgIpc) is 2.53. The molecular formula is C21H41NO. The molecular weight excluding hydrogens is 282 g/mol. The van der Waals surface area contributed by atoms with Crippen LogP contribution in [0.1, 0.15) is 85.5 Å².